The number of thiazole rings is 1. The predicted molar refractivity (Wildman–Crippen MR) is 105 cm³/mol. The van der Waals surface area contributed by atoms with Crippen LogP contribution in [0, 0.1) is 13.8 Å². The molecule has 0 saturated carbocycles. The van der Waals surface area contributed by atoms with Gasteiger partial charge in [0.15, 0.2) is 0 Å². The first-order valence-electron chi connectivity index (χ1n) is 9.26. The van der Waals surface area contributed by atoms with Crippen molar-refractivity contribution in [1.82, 2.24) is 24.4 Å². The quantitative estimate of drug-likeness (QED) is 0.695. The largest absolute Gasteiger partial charge is 0.492 e. The van der Waals surface area contributed by atoms with Gasteiger partial charge in [0.2, 0.25) is 10.8 Å². The molecule has 0 bridgehead atoms. The van der Waals surface area contributed by atoms with E-state index in [-0.39, 0.29) is 18.5 Å². The van der Waals surface area contributed by atoms with Gasteiger partial charge in [-0.1, -0.05) is 35.6 Å². The molecule has 8 heteroatoms. The van der Waals surface area contributed by atoms with Gasteiger partial charge in [-0.25, -0.2) is 4.98 Å². The Kier molecular flexibility index (Phi) is 5.14. The zero-order valence-corrected chi connectivity index (χ0v) is 16.5. The molecule has 1 fully saturated rings. The SMILES string of the molecule is Cc1nc2sc([C@@H](c3ccccc3C)N3CCN(CCO)CC3)c(O)n2n1. The Morgan fingerprint density at radius 3 is 2.56 bits per heavy atom. The standard InChI is InChI=1S/C19H25N5O2S/c1-13-5-3-4-6-15(13)16(23-9-7-22(8-10-23)11-12-25)17-18(26)24-19(27-17)20-14(2)21-24/h3-6,16,25-26H,7-12H2,1-2H3/t16-/m1/s1. The maximum atomic E-state index is 10.9. The third kappa shape index (κ3) is 3.45. The summed E-state index contributed by atoms with van der Waals surface area (Å²) in [6.45, 7) is 8.42. The molecular weight excluding hydrogens is 362 g/mol. The van der Waals surface area contributed by atoms with E-state index in [2.05, 4.69) is 45.0 Å². The van der Waals surface area contributed by atoms with Crippen LogP contribution in [-0.4, -0.2) is 73.9 Å². The van der Waals surface area contributed by atoms with E-state index in [0.29, 0.717) is 12.4 Å². The second-order valence-corrected chi connectivity index (χ2v) is 8.01. The first-order chi connectivity index (χ1) is 13.1. The first kappa shape index (κ1) is 18.4. The van der Waals surface area contributed by atoms with Crippen molar-refractivity contribution >= 4 is 16.3 Å². The van der Waals surface area contributed by atoms with E-state index in [1.165, 1.54) is 22.5 Å². The number of aryl methyl sites for hydroxylation is 2. The zero-order valence-electron chi connectivity index (χ0n) is 15.7. The van der Waals surface area contributed by atoms with Gasteiger partial charge in [0.1, 0.15) is 5.82 Å². The second kappa shape index (κ2) is 7.55. The molecule has 1 atom stereocenters. The number of fused-ring (bicyclic) bond motifs is 1. The van der Waals surface area contributed by atoms with Crippen molar-refractivity contribution in [3.05, 3.63) is 46.1 Å². The van der Waals surface area contributed by atoms with Gasteiger partial charge in [0.25, 0.3) is 0 Å². The van der Waals surface area contributed by atoms with Crippen LogP contribution in [0.1, 0.15) is 27.9 Å². The molecule has 4 rings (SSSR count). The predicted octanol–water partition coefficient (Wildman–Crippen LogP) is 1.81. The van der Waals surface area contributed by atoms with Gasteiger partial charge in [-0.15, -0.1) is 5.10 Å². The Bertz CT molecular complexity index is 929. The van der Waals surface area contributed by atoms with Gasteiger partial charge in [0.05, 0.1) is 17.5 Å². The third-order valence-corrected chi connectivity index (χ3v) is 6.30. The lowest BCUT2D eigenvalue weighted by atomic mass is 9.98. The Balaban J connectivity index is 1.73. The second-order valence-electron chi connectivity index (χ2n) is 7.00. The van der Waals surface area contributed by atoms with Gasteiger partial charge in [-0.2, -0.15) is 4.52 Å². The smallest absolute Gasteiger partial charge is 0.230 e. The highest BCUT2D eigenvalue weighted by Crippen LogP contribution is 2.41. The summed E-state index contributed by atoms with van der Waals surface area (Å²) >= 11 is 1.51. The van der Waals surface area contributed by atoms with Crippen molar-refractivity contribution in [2.45, 2.75) is 19.9 Å². The van der Waals surface area contributed by atoms with Gasteiger partial charge in [0, 0.05) is 32.7 Å². The Morgan fingerprint density at radius 2 is 1.89 bits per heavy atom. The fourth-order valence-electron chi connectivity index (χ4n) is 3.81. The minimum absolute atomic E-state index is 0.0312. The first-order valence-corrected chi connectivity index (χ1v) is 10.1. The maximum Gasteiger partial charge on any atom is 0.230 e. The molecule has 0 aliphatic carbocycles. The molecule has 1 aromatic carbocycles. The lowest BCUT2D eigenvalue weighted by molar-refractivity contribution is 0.0944. The molecule has 144 valence electrons. The lowest BCUT2D eigenvalue weighted by Gasteiger charge is -2.39. The molecule has 0 unspecified atom stereocenters. The van der Waals surface area contributed by atoms with Crippen molar-refractivity contribution in [2.24, 2.45) is 0 Å². The van der Waals surface area contributed by atoms with Gasteiger partial charge >= 0.3 is 0 Å². The number of aliphatic hydroxyl groups is 1. The molecular formula is C19H25N5O2S. The van der Waals surface area contributed by atoms with Crippen molar-refractivity contribution in [3.63, 3.8) is 0 Å². The maximum absolute atomic E-state index is 10.9. The summed E-state index contributed by atoms with van der Waals surface area (Å²) in [5.41, 5.74) is 2.40. The van der Waals surface area contributed by atoms with Crippen LogP contribution in [0.25, 0.3) is 4.96 Å². The average Bonchev–Trinajstić information content (AvgIpc) is 3.16. The number of benzene rings is 1. The summed E-state index contributed by atoms with van der Waals surface area (Å²) in [6, 6.07) is 8.32. The molecule has 2 N–H and O–H groups in total. The number of aromatic hydroxyl groups is 1. The monoisotopic (exact) mass is 387 g/mol. The van der Waals surface area contributed by atoms with Crippen molar-refractivity contribution in [2.75, 3.05) is 39.3 Å². The minimum atomic E-state index is -0.0312. The number of rotatable bonds is 5. The molecule has 1 saturated heterocycles. The molecule has 3 heterocycles. The number of aromatic nitrogens is 3. The normalized spacial score (nSPS) is 17.6. The van der Waals surface area contributed by atoms with Gasteiger partial charge < -0.3 is 10.2 Å². The van der Waals surface area contributed by atoms with Gasteiger partial charge in [-0.05, 0) is 25.0 Å². The highest BCUT2D eigenvalue weighted by atomic mass is 32.1. The van der Waals surface area contributed by atoms with E-state index >= 15 is 0 Å². The molecule has 3 aromatic rings. The molecule has 0 spiro atoms. The fourth-order valence-corrected chi connectivity index (χ4v) is 4.96. The molecule has 7 nitrogen and oxygen atoms in total. The lowest BCUT2D eigenvalue weighted by Crippen LogP contribution is -2.48. The average molecular weight is 388 g/mol. The molecule has 1 aliphatic heterocycles. The molecule has 0 amide bonds. The van der Waals surface area contributed by atoms with Crippen LogP contribution in [0.2, 0.25) is 0 Å². The third-order valence-electron chi connectivity index (χ3n) is 5.23. The minimum Gasteiger partial charge on any atom is -0.492 e. The number of nitrogens with zero attached hydrogens (tertiary/aromatic N) is 5. The van der Waals surface area contributed by atoms with E-state index in [1.54, 1.807) is 4.52 Å². The topological polar surface area (TPSA) is 77.1 Å². The molecule has 1 aliphatic rings. The Hall–Kier alpha value is -2.00. The fraction of sp³-hybridized carbons (Fsp3) is 0.474. The summed E-state index contributed by atoms with van der Waals surface area (Å²) in [5, 5.41) is 24.4. The van der Waals surface area contributed by atoms with Crippen LogP contribution in [0.4, 0.5) is 0 Å². The van der Waals surface area contributed by atoms with Gasteiger partial charge in [-0.3, -0.25) is 9.80 Å². The number of aliphatic hydroxyl groups excluding tert-OH is 1. The van der Waals surface area contributed by atoms with Crippen LogP contribution < -0.4 is 0 Å². The van der Waals surface area contributed by atoms with Crippen LogP contribution in [-0.2, 0) is 0 Å². The number of β-amino-alcohol motifs (C(OH)–C–C–N with tert-alkyl or cyclic N) is 1. The van der Waals surface area contributed by atoms with Crippen LogP contribution in [0.3, 0.4) is 0 Å². The van der Waals surface area contributed by atoms with Crippen LogP contribution in [0.15, 0.2) is 24.3 Å². The summed E-state index contributed by atoms with van der Waals surface area (Å²) < 4.78 is 1.54. The van der Waals surface area contributed by atoms with E-state index in [9.17, 15) is 10.2 Å². The highest BCUT2D eigenvalue weighted by Gasteiger charge is 2.32. The van der Waals surface area contributed by atoms with Crippen LogP contribution in [0.5, 0.6) is 5.88 Å². The Morgan fingerprint density at radius 1 is 1.15 bits per heavy atom. The Labute approximate surface area is 162 Å². The van der Waals surface area contributed by atoms with E-state index in [1.807, 2.05) is 13.0 Å². The summed E-state index contributed by atoms with van der Waals surface area (Å²) in [5.74, 6) is 0.842. The van der Waals surface area contributed by atoms with Crippen LogP contribution >= 0.6 is 11.3 Å². The van der Waals surface area contributed by atoms with Crippen molar-refractivity contribution in [1.29, 1.82) is 0 Å². The van der Waals surface area contributed by atoms with Crippen molar-refractivity contribution < 1.29 is 10.2 Å². The molecule has 0 radical (unpaired) electrons. The van der Waals surface area contributed by atoms with Crippen molar-refractivity contribution in [3.8, 4) is 5.88 Å². The zero-order chi connectivity index (χ0) is 19.0. The highest BCUT2D eigenvalue weighted by molar-refractivity contribution is 7.17. The van der Waals surface area contributed by atoms with E-state index in [0.717, 1.165) is 36.0 Å². The summed E-state index contributed by atoms with van der Waals surface area (Å²) in [6.07, 6.45) is 0. The summed E-state index contributed by atoms with van der Waals surface area (Å²) in [4.78, 5) is 10.7. The van der Waals surface area contributed by atoms with E-state index < -0.39 is 0 Å². The number of piperazine rings is 1. The summed E-state index contributed by atoms with van der Waals surface area (Å²) in [7, 11) is 0. The number of hydrogen-bond donors (Lipinski definition) is 2. The molecule has 27 heavy (non-hydrogen) atoms. The number of hydrogen-bond acceptors (Lipinski definition) is 7. The van der Waals surface area contributed by atoms with E-state index in [4.69, 9.17) is 0 Å². The molecule has 2 aromatic heterocycles.